The van der Waals surface area contributed by atoms with E-state index in [1.165, 1.54) is 10.6 Å². The Morgan fingerprint density at radius 1 is 1.22 bits per heavy atom. The van der Waals surface area contributed by atoms with Crippen molar-refractivity contribution in [2.45, 2.75) is 48.6 Å². The average molecular weight is 526 g/mol. The van der Waals surface area contributed by atoms with Crippen LogP contribution in [0.3, 0.4) is 0 Å². The van der Waals surface area contributed by atoms with Gasteiger partial charge in [-0.05, 0) is 12.1 Å². The fourth-order valence-corrected chi connectivity index (χ4v) is 5.58. The van der Waals surface area contributed by atoms with Crippen molar-refractivity contribution in [2.75, 3.05) is 13.1 Å². The first-order valence-corrected chi connectivity index (χ1v) is 11.4. The molecular weight excluding hydrogens is 501 g/mol. The molecule has 0 saturated carbocycles. The molecule has 13 nitrogen and oxygen atoms in total. The lowest BCUT2D eigenvalue weighted by Gasteiger charge is -2.41. The zero-order chi connectivity index (χ0) is 26.9. The summed E-state index contributed by atoms with van der Waals surface area (Å²) in [5.41, 5.74) is 8.35. The van der Waals surface area contributed by atoms with E-state index >= 15 is 0 Å². The van der Waals surface area contributed by atoms with Crippen LogP contribution >= 0.6 is 0 Å². The predicted molar refractivity (Wildman–Crippen MR) is 117 cm³/mol. The Kier molecular flexibility index (Phi) is 5.38. The number of nitrogens with two attached hydrogens (primary N) is 2. The number of nitrogens with zero attached hydrogens (tertiary/aromatic N) is 2. The quantitative estimate of drug-likeness (QED) is 0.107. The van der Waals surface area contributed by atoms with Crippen LogP contribution in [0.25, 0.3) is 0 Å². The van der Waals surface area contributed by atoms with Crippen LogP contribution in [-0.2, 0) is 15.8 Å². The highest BCUT2D eigenvalue weighted by Gasteiger charge is 2.78. The van der Waals surface area contributed by atoms with Gasteiger partial charge in [0.25, 0.3) is 17.4 Å². The summed E-state index contributed by atoms with van der Waals surface area (Å²) in [6.07, 6.45) is -4.73. The molecule has 198 valence electrons. The number of hydrogen-bond donors (Lipinski definition) is 8. The molecule has 4 aliphatic heterocycles. The monoisotopic (exact) mass is 526 g/mol. The van der Waals surface area contributed by atoms with E-state index < -0.39 is 64.6 Å². The Balaban J connectivity index is 1.48. The van der Waals surface area contributed by atoms with Gasteiger partial charge in [-0.3, -0.25) is 41.1 Å². The predicted octanol–water partition coefficient (Wildman–Crippen LogP) is -4.99. The smallest absolute Gasteiger partial charge is 0.358 e. The molecule has 0 bridgehead atoms. The molecular formula is C21H25F3N8O5+2. The first kappa shape index (κ1) is 24.8. The molecule has 1 spiro atoms. The molecule has 1 aromatic rings. The van der Waals surface area contributed by atoms with Gasteiger partial charge in [-0.1, -0.05) is 12.1 Å². The summed E-state index contributed by atoms with van der Waals surface area (Å²) in [6, 6.07) is 0.688. The third-order valence-electron chi connectivity index (χ3n) is 7.27. The van der Waals surface area contributed by atoms with Crippen molar-refractivity contribution in [2.24, 2.45) is 11.5 Å². The molecule has 3 amide bonds. The van der Waals surface area contributed by atoms with Crippen LogP contribution in [0, 0.1) is 0 Å². The van der Waals surface area contributed by atoms with Crippen LogP contribution in [0.4, 0.5) is 13.2 Å². The summed E-state index contributed by atoms with van der Waals surface area (Å²) in [7, 11) is 0. The van der Waals surface area contributed by atoms with Crippen LogP contribution in [0.2, 0.25) is 0 Å². The van der Waals surface area contributed by atoms with Gasteiger partial charge in [-0.2, -0.15) is 13.2 Å². The number of guanidine groups is 2. The lowest BCUT2D eigenvalue weighted by Crippen LogP contribution is -2.92. The fraction of sp³-hybridized carbons (Fsp3) is 0.476. The SMILES string of the molecule is NC1=[NH+][C@H]2[C@H](CN3C(=O)CCC3=O)NC(N)=[N+]3CC(NC(=O)c4ccccc4C(F)(F)F)C(O)(O)[C@]23N1. The van der Waals surface area contributed by atoms with Crippen LogP contribution in [0.15, 0.2) is 24.3 Å². The maximum Gasteiger partial charge on any atom is 0.417 e. The van der Waals surface area contributed by atoms with Gasteiger partial charge in [0, 0.05) is 12.8 Å². The van der Waals surface area contributed by atoms with E-state index in [1.54, 1.807) is 0 Å². The van der Waals surface area contributed by atoms with Crippen molar-refractivity contribution in [3.63, 3.8) is 0 Å². The van der Waals surface area contributed by atoms with E-state index in [-0.39, 0.29) is 37.9 Å². The summed E-state index contributed by atoms with van der Waals surface area (Å²) in [4.78, 5) is 41.2. The second-order valence-corrected chi connectivity index (χ2v) is 9.37. The number of carbonyl (C=O) groups is 3. The minimum atomic E-state index is -4.82. The number of amides is 3. The van der Waals surface area contributed by atoms with Crippen LogP contribution in [-0.4, -0.2) is 92.0 Å². The maximum absolute atomic E-state index is 13.4. The van der Waals surface area contributed by atoms with Gasteiger partial charge in [0.2, 0.25) is 11.8 Å². The summed E-state index contributed by atoms with van der Waals surface area (Å²) >= 11 is 0. The molecule has 2 saturated heterocycles. The summed E-state index contributed by atoms with van der Waals surface area (Å²) in [5.74, 6) is -5.01. The number of halogens is 3. The first-order chi connectivity index (χ1) is 17.3. The van der Waals surface area contributed by atoms with Gasteiger partial charge < -0.3 is 15.5 Å². The van der Waals surface area contributed by atoms with Gasteiger partial charge in [-0.15, -0.1) is 0 Å². The second-order valence-electron chi connectivity index (χ2n) is 9.37. The normalized spacial score (nSPS) is 30.5. The van der Waals surface area contributed by atoms with Crippen molar-refractivity contribution in [1.82, 2.24) is 20.9 Å². The highest BCUT2D eigenvalue weighted by molar-refractivity contribution is 6.02. The summed E-state index contributed by atoms with van der Waals surface area (Å²) in [6.45, 7) is -0.509. The standard InChI is InChI=1S/C21H23F3N8O5/c22-21(23,24)10-4-2-1-3-9(10)16(35)28-12-8-32-18(26)27-11(7-31-13(33)5-6-14(31)34)15-19(32,20(12,36)37)30-17(25)29-15/h1-4,11-12,15,36-37H,5-8H2,(H6,25,26,27,28,29,30,35)/p+2/t11-,12?,15-,19-/m0/s1. The van der Waals surface area contributed by atoms with Gasteiger partial charge in [0.1, 0.15) is 12.1 Å². The molecule has 5 rings (SSSR count). The Bertz CT molecular complexity index is 1250. The fourth-order valence-electron chi connectivity index (χ4n) is 5.58. The third-order valence-corrected chi connectivity index (χ3v) is 7.27. The number of aliphatic hydroxyl groups is 2. The molecule has 10 N–H and O–H groups in total. The molecule has 4 heterocycles. The molecule has 4 atom stereocenters. The van der Waals surface area contributed by atoms with E-state index in [0.29, 0.717) is 0 Å². The Morgan fingerprint density at radius 3 is 2.51 bits per heavy atom. The van der Waals surface area contributed by atoms with E-state index in [9.17, 15) is 37.8 Å². The van der Waals surface area contributed by atoms with Gasteiger partial charge in [0.15, 0.2) is 6.04 Å². The Labute approximate surface area is 207 Å². The van der Waals surface area contributed by atoms with Crippen LogP contribution in [0.1, 0.15) is 28.8 Å². The topological polar surface area (TPSA) is 200 Å². The number of carbonyl (C=O) groups excluding carboxylic acids is 3. The van der Waals surface area contributed by atoms with E-state index in [2.05, 4.69) is 20.9 Å². The number of imide groups is 1. The molecule has 2 fully saturated rings. The largest absolute Gasteiger partial charge is 0.417 e. The van der Waals surface area contributed by atoms with Crippen molar-refractivity contribution >= 4 is 29.6 Å². The van der Waals surface area contributed by atoms with Crippen molar-refractivity contribution in [3.05, 3.63) is 35.4 Å². The zero-order valence-electron chi connectivity index (χ0n) is 19.2. The second kappa shape index (κ2) is 8.04. The van der Waals surface area contributed by atoms with E-state index in [0.717, 1.165) is 23.1 Å². The maximum atomic E-state index is 13.4. The highest BCUT2D eigenvalue weighted by atomic mass is 19.4. The number of hydrogen-bond acceptors (Lipinski definition) is 9. The molecule has 0 aliphatic carbocycles. The zero-order valence-corrected chi connectivity index (χ0v) is 19.2. The van der Waals surface area contributed by atoms with Gasteiger partial charge in [-0.25, -0.2) is 9.89 Å². The lowest BCUT2D eigenvalue weighted by atomic mass is 9.85. The Hall–Kier alpha value is -3.92. The summed E-state index contributed by atoms with van der Waals surface area (Å²) < 4.78 is 41.6. The molecule has 37 heavy (non-hydrogen) atoms. The van der Waals surface area contributed by atoms with Crippen molar-refractivity contribution < 1.29 is 47.3 Å². The van der Waals surface area contributed by atoms with Crippen LogP contribution < -0.4 is 32.4 Å². The minimum Gasteiger partial charge on any atom is -0.358 e. The van der Waals surface area contributed by atoms with Crippen molar-refractivity contribution in [1.29, 1.82) is 0 Å². The molecule has 16 heteroatoms. The highest BCUT2D eigenvalue weighted by Crippen LogP contribution is 2.38. The van der Waals surface area contributed by atoms with Gasteiger partial charge in [0.05, 0.1) is 24.2 Å². The Morgan fingerprint density at radius 2 is 1.86 bits per heavy atom. The van der Waals surface area contributed by atoms with E-state index in [1.807, 2.05) is 0 Å². The first-order valence-electron chi connectivity index (χ1n) is 11.4. The van der Waals surface area contributed by atoms with Gasteiger partial charge >= 0.3 is 18.1 Å². The van der Waals surface area contributed by atoms with Crippen LogP contribution in [0.5, 0.6) is 0 Å². The average Bonchev–Trinajstić information content (AvgIpc) is 3.41. The molecule has 0 radical (unpaired) electrons. The minimum absolute atomic E-state index is 0.0457. The summed E-state index contributed by atoms with van der Waals surface area (Å²) in [5, 5.41) is 30.8. The molecule has 0 aromatic heterocycles. The number of benzene rings is 1. The third kappa shape index (κ3) is 3.58. The molecule has 1 unspecified atom stereocenters. The van der Waals surface area contributed by atoms with Crippen molar-refractivity contribution in [3.8, 4) is 0 Å². The van der Waals surface area contributed by atoms with E-state index in [4.69, 9.17) is 11.5 Å². The number of alkyl halides is 3. The number of nitrogens with one attached hydrogen (secondary N) is 4. The molecule has 4 aliphatic rings. The number of likely N-dealkylation sites (tertiary alicyclic amines) is 1. The lowest BCUT2D eigenvalue weighted by molar-refractivity contribution is -0.674. The number of rotatable bonds is 4. The molecule has 1 aromatic carbocycles.